The van der Waals surface area contributed by atoms with Gasteiger partial charge in [0, 0.05) is 32.0 Å². The summed E-state index contributed by atoms with van der Waals surface area (Å²) in [5, 5.41) is 17.5. The molecule has 8 nitrogen and oxygen atoms in total. The number of nitrogens with zero attached hydrogens (tertiary/aromatic N) is 3. The maximum atomic E-state index is 9.78. The van der Waals surface area contributed by atoms with Crippen LogP contribution in [0.15, 0.2) is 48.5 Å². The molecule has 1 unspecified atom stereocenters. The van der Waals surface area contributed by atoms with Gasteiger partial charge in [0.2, 0.25) is 0 Å². The number of aliphatic hydroxyl groups excluding tert-OH is 1. The average Bonchev–Trinajstić information content (AvgIpc) is 3.18. The van der Waals surface area contributed by atoms with E-state index in [1.165, 1.54) is 5.56 Å². The van der Waals surface area contributed by atoms with Crippen LogP contribution in [0.3, 0.4) is 0 Å². The summed E-state index contributed by atoms with van der Waals surface area (Å²) in [6.07, 6.45) is -0.565. The van der Waals surface area contributed by atoms with Gasteiger partial charge in [-0.3, -0.25) is 0 Å². The lowest BCUT2D eigenvalue weighted by Gasteiger charge is -2.12. The van der Waals surface area contributed by atoms with Crippen LogP contribution < -0.4 is 10.1 Å². The number of benzene rings is 2. The van der Waals surface area contributed by atoms with Gasteiger partial charge in [0.15, 0.2) is 5.82 Å². The SMILES string of the molecule is COCCOc1nc(-c2ccc(C)cc2)n(-c2ccc(NCC(O)COC)cc2)n1. The van der Waals surface area contributed by atoms with Crippen molar-refractivity contribution >= 4 is 5.69 Å². The van der Waals surface area contributed by atoms with Gasteiger partial charge in [-0.1, -0.05) is 29.8 Å². The molecule has 3 aromatic rings. The van der Waals surface area contributed by atoms with E-state index in [0.717, 1.165) is 16.9 Å². The molecule has 0 spiro atoms. The van der Waals surface area contributed by atoms with Crippen molar-refractivity contribution < 1.29 is 19.3 Å². The molecule has 0 aliphatic rings. The molecule has 1 heterocycles. The van der Waals surface area contributed by atoms with Crippen molar-refractivity contribution in [3.05, 3.63) is 54.1 Å². The number of hydrogen-bond donors (Lipinski definition) is 2. The Morgan fingerprint density at radius 2 is 1.73 bits per heavy atom. The van der Waals surface area contributed by atoms with Crippen LogP contribution in [0, 0.1) is 6.92 Å². The Balaban J connectivity index is 1.83. The van der Waals surface area contributed by atoms with Crippen molar-refractivity contribution in [2.24, 2.45) is 0 Å². The molecule has 0 fully saturated rings. The average molecular weight is 412 g/mol. The standard InChI is InChI=1S/C22H28N4O4/c1-16-4-6-17(7-5-16)21-24-22(30-13-12-28-2)25-26(21)19-10-8-18(9-11-19)23-14-20(27)15-29-3/h4-11,20,23,27H,12-15H2,1-3H3. The lowest BCUT2D eigenvalue weighted by atomic mass is 10.1. The predicted molar refractivity (Wildman–Crippen MR) is 115 cm³/mol. The minimum Gasteiger partial charge on any atom is -0.460 e. The first-order valence-corrected chi connectivity index (χ1v) is 9.78. The Bertz CT molecular complexity index is 910. The first-order valence-electron chi connectivity index (χ1n) is 9.78. The quantitative estimate of drug-likeness (QED) is 0.468. The Hall–Kier alpha value is -2.94. The zero-order valence-corrected chi connectivity index (χ0v) is 17.5. The molecular formula is C22H28N4O4. The first kappa shape index (κ1) is 21.8. The molecule has 30 heavy (non-hydrogen) atoms. The second-order valence-electron chi connectivity index (χ2n) is 6.87. The molecule has 2 N–H and O–H groups in total. The fourth-order valence-electron chi connectivity index (χ4n) is 2.85. The maximum Gasteiger partial charge on any atom is 0.336 e. The van der Waals surface area contributed by atoms with E-state index in [1.807, 2.05) is 55.5 Å². The number of ether oxygens (including phenoxy) is 3. The van der Waals surface area contributed by atoms with E-state index >= 15 is 0 Å². The Morgan fingerprint density at radius 3 is 2.40 bits per heavy atom. The molecule has 1 atom stereocenters. The molecule has 160 valence electrons. The van der Waals surface area contributed by atoms with Crippen LogP contribution in [-0.4, -0.2) is 66.6 Å². The summed E-state index contributed by atoms with van der Waals surface area (Å²) < 4.78 is 17.4. The third kappa shape index (κ3) is 5.79. The van der Waals surface area contributed by atoms with Crippen LogP contribution in [0.25, 0.3) is 17.1 Å². The smallest absolute Gasteiger partial charge is 0.336 e. The lowest BCUT2D eigenvalue weighted by Crippen LogP contribution is -2.24. The predicted octanol–water partition coefficient (Wildman–Crippen LogP) is 2.69. The van der Waals surface area contributed by atoms with Gasteiger partial charge in [-0.25, -0.2) is 4.68 Å². The van der Waals surface area contributed by atoms with E-state index < -0.39 is 6.10 Å². The monoisotopic (exact) mass is 412 g/mol. The first-order chi connectivity index (χ1) is 14.6. The number of hydrogen-bond acceptors (Lipinski definition) is 7. The summed E-state index contributed by atoms with van der Waals surface area (Å²) in [4.78, 5) is 4.57. The zero-order valence-electron chi connectivity index (χ0n) is 17.5. The van der Waals surface area contributed by atoms with Gasteiger partial charge in [-0.15, -0.1) is 5.10 Å². The summed E-state index contributed by atoms with van der Waals surface area (Å²) in [5.74, 6) is 0.693. The number of anilines is 1. The fraction of sp³-hybridized carbons (Fsp3) is 0.364. The largest absolute Gasteiger partial charge is 0.460 e. The molecule has 0 saturated carbocycles. The van der Waals surface area contributed by atoms with E-state index in [1.54, 1.807) is 18.9 Å². The van der Waals surface area contributed by atoms with Crippen LogP contribution in [0.4, 0.5) is 5.69 Å². The summed E-state index contributed by atoms with van der Waals surface area (Å²) in [7, 11) is 3.19. The van der Waals surface area contributed by atoms with E-state index in [0.29, 0.717) is 31.6 Å². The van der Waals surface area contributed by atoms with Crippen LogP contribution in [0.2, 0.25) is 0 Å². The third-order valence-electron chi connectivity index (χ3n) is 4.43. The van der Waals surface area contributed by atoms with E-state index in [9.17, 15) is 5.11 Å². The molecule has 0 amide bonds. The van der Waals surface area contributed by atoms with E-state index in [4.69, 9.17) is 14.2 Å². The van der Waals surface area contributed by atoms with Gasteiger partial charge in [0.1, 0.15) is 6.61 Å². The molecule has 0 aliphatic carbocycles. The maximum absolute atomic E-state index is 9.78. The molecule has 0 saturated heterocycles. The number of methoxy groups -OCH3 is 2. The summed E-state index contributed by atoms with van der Waals surface area (Å²) in [6, 6.07) is 16.2. The summed E-state index contributed by atoms with van der Waals surface area (Å²) >= 11 is 0. The molecule has 3 rings (SSSR count). The molecule has 8 heteroatoms. The lowest BCUT2D eigenvalue weighted by molar-refractivity contribution is 0.0727. The van der Waals surface area contributed by atoms with Gasteiger partial charge in [0.25, 0.3) is 0 Å². The summed E-state index contributed by atoms with van der Waals surface area (Å²) in [6.45, 7) is 3.58. The van der Waals surface area contributed by atoms with Crippen LogP contribution in [0.5, 0.6) is 6.01 Å². The fourth-order valence-corrected chi connectivity index (χ4v) is 2.85. The van der Waals surface area contributed by atoms with Crippen molar-refractivity contribution in [2.75, 3.05) is 45.9 Å². The Morgan fingerprint density at radius 1 is 1.00 bits per heavy atom. The molecule has 2 aromatic carbocycles. The number of nitrogens with one attached hydrogen (secondary N) is 1. The highest BCUT2D eigenvalue weighted by Gasteiger charge is 2.15. The molecule has 0 radical (unpaired) electrons. The van der Waals surface area contributed by atoms with E-state index in [2.05, 4.69) is 15.4 Å². The van der Waals surface area contributed by atoms with Crippen molar-refractivity contribution in [1.82, 2.24) is 14.8 Å². The summed E-state index contributed by atoms with van der Waals surface area (Å²) in [5.41, 5.74) is 3.86. The molecule has 1 aromatic heterocycles. The Labute approximate surface area is 176 Å². The van der Waals surface area contributed by atoms with Gasteiger partial charge < -0.3 is 24.6 Å². The highest BCUT2D eigenvalue weighted by Crippen LogP contribution is 2.24. The number of aromatic nitrogens is 3. The zero-order chi connectivity index (χ0) is 21.3. The molecular weight excluding hydrogens is 384 g/mol. The van der Waals surface area contributed by atoms with Crippen LogP contribution in [0.1, 0.15) is 5.56 Å². The molecule has 0 aliphatic heterocycles. The number of aryl methyl sites for hydroxylation is 1. The van der Waals surface area contributed by atoms with Crippen molar-refractivity contribution in [2.45, 2.75) is 13.0 Å². The second kappa shape index (κ2) is 10.7. The van der Waals surface area contributed by atoms with Gasteiger partial charge >= 0.3 is 6.01 Å². The van der Waals surface area contributed by atoms with Gasteiger partial charge in [0.05, 0.1) is 25.0 Å². The van der Waals surface area contributed by atoms with Gasteiger partial charge in [-0.2, -0.15) is 4.98 Å². The highest BCUT2D eigenvalue weighted by molar-refractivity contribution is 5.60. The van der Waals surface area contributed by atoms with Crippen molar-refractivity contribution in [3.63, 3.8) is 0 Å². The van der Waals surface area contributed by atoms with Crippen LogP contribution >= 0.6 is 0 Å². The van der Waals surface area contributed by atoms with Crippen LogP contribution in [-0.2, 0) is 9.47 Å². The van der Waals surface area contributed by atoms with Gasteiger partial charge in [-0.05, 0) is 31.2 Å². The Kier molecular flexibility index (Phi) is 7.78. The minimum absolute atomic E-state index is 0.287. The highest BCUT2D eigenvalue weighted by atomic mass is 16.5. The number of rotatable bonds is 11. The van der Waals surface area contributed by atoms with Crippen molar-refractivity contribution in [1.29, 1.82) is 0 Å². The number of aliphatic hydroxyl groups is 1. The topological polar surface area (TPSA) is 90.7 Å². The van der Waals surface area contributed by atoms with Crippen molar-refractivity contribution in [3.8, 4) is 23.1 Å². The second-order valence-corrected chi connectivity index (χ2v) is 6.87. The normalized spacial score (nSPS) is 12.0. The molecule has 0 bridgehead atoms. The minimum atomic E-state index is -0.565. The van der Waals surface area contributed by atoms with E-state index in [-0.39, 0.29) is 6.61 Å². The third-order valence-corrected chi connectivity index (χ3v) is 4.43.